The lowest BCUT2D eigenvalue weighted by molar-refractivity contribution is 0.0958. The molecule has 0 fully saturated rings. The fraction of sp³-hybridized carbons (Fsp3) is 0.0667. The van der Waals surface area contributed by atoms with E-state index in [2.05, 4.69) is 0 Å². The monoisotopic (exact) mass is 445 g/mol. The zero-order chi connectivity index (χ0) is 23.5. The van der Waals surface area contributed by atoms with E-state index in [-0.39, 0.29) is 18.1 Å². The molecule has 0 aliphatic rings. The van der Waals surface area contributed by atoms with Crippen molar-refractivity contribution in [3.63, 3.8) is 0 Å². The van der Waals surface area contributed by atoms with Gasteiger partial charge in [0.25, 0.3) is 5.91 Å². The second-order valence-electron chi connectivity index (χ2n) is 8.17. The number of fused-ring (bicyclic) bond motifs is 1. The second-order valence-corrected chi connectivity index (χ2v) is 8.17. The van der Waals surface area contributed by atoms with Gasteiger partial charge in [0.1, 0.15) is 0 Å². The summed E-state index contributed by atoms with van der Waals surface area (Å²) in [6, 6.07) is 34.7. The summed E-state index contributed by atoms with van der Waals surface area (Å²) in [7, 11) is 0. The molecule has 5 aromatic rings. The van der Waals surface area contributed by atoms with E-state index in [9.17, 15) is 14.7 Å². The van der Waals surface area contributed by atoms with Crippen molar-refractivity contribution in [2.45, 2.75) is 12.5 Å². The molecule has 0 spiro atoms. The molecule has 4 heteroatoms. The first-order valence-corrected chi connectivity index (χ1v) is 11.2. The van der Waals surface area contributed by atoms with E-state index in [0.29, 0.717) is 33.3 Å². The van der Waals surface area contributed by atoms with Gasteiger partial charge in [0.05, 0.1) is 17.2 Å². The highest BCUT2D eigenvalue weighted by Crippen LogP contribution is 2.32. The lowest BCUT2D eigenvalue weighted by Crippen LogP contribution is -2.18. The summed E-state index contributed by atoms with van der Waals surface area (Å²) in [4.78, 5) is 27.5. The smallest absolute Gasteiger partial charge is 0.262 e. The predicted octanol–water partition coefficient (Wildman–Crippen LogP) is 5.84. The Labute approximate surface area is 197 Å². The molecule has 1 heterocycles. The lowest BCUT2D eigenvalue weighted by atomic mass is 9.96. The summed E-state index contributed by atoms with van der Waals surface area (Å²) in [6.07, 6.45) is -0.763. The molecular formula is C30H23NO3. The van der Waals surface area contributed by atoms with Gasteiger partial charge in [-0.15, -0.1) is 0 Å². The van der Waals surface area contributed by atoms with Crippen LogP contribution < -0.4 is 0 Å². The summed E-state index contributed by atoms with van der Waals surface area (Å²) >= 11 is 0. The van der Waals surface area contributed by atoms with Gasteiger partial charge in [-0.2, -0.15) is 0 Å². The number of ketones is 1. The fourth-order valence-electron chi connectivity index (χ4n) is 4.39. The van der Waals surface area contributed by atoms with Gasteiger partial charge < -0.3 is 5.11 Å². The molecule has 1 atom stereocenters. The highest BCUT2D eigenvalue weighted by molar-refractivity contribution is 6.19. The molecule has 0 amide bonds. The summed E-state index contributed by atoms with van der Waals surface area (Å²) in [6.45, 7) is 0. The first-order chi connectivity index (χ1) is 16.6. The van der Waals surface area contributed by atoms with E-state index in [0.717, 1.165) is 5.56 Å². The van der Waals surface area contributed by atoms with Crippen LogP contribution in [0.25, 0.3) is 10.9 Å². The van der Waals surface area contributed by atoms with E-state index < -0.39 is 6.10 Å². The molecule has 1 N–H and O–H groups in total. The van der Waals surface area contributed by atoms with E-state index in [1.807, 2.05) is 91.0 Å². The van der Waals surface area contributed by atoms with E-state index >= 15 is 0 Å². The van der Waals surface area contributed by atoms with Crippen LogP contribution in [0, 0.1) is 0 Å². The Balaban J connectivity index is 1.75. The van der Waals surface area contributed by atoms with Gasteiger partial charge in [0.15, 0.2) is 5.78 Å². The van der Waals surface area contributed by atoms with Gasteiger partial charge in [0.2, 0.25) is 0 Å². The zero-order valence-electron chi connectivity index (χ0n) is 18.5. The first kappa shape index (κ1) is 21.6. The Morgan fingerprint density at radius 1 is 0.676 bits per heavy atom. The minimum absolute atomic E-state index is 0.116. The number of para-hydroxylation sites is 1. The van der Waals surface area contributed by atoms with E-state index in [1.54, 1.807) is 28.8 Å². The fourth-order valence-corrected chi connectivity index (χ4v) is 4.39. The molecule has 0 bridgehead atoms. The van der Waals surface area contributed by atoms with Gasteiger partial charge in [-0.25, -0.2) is 0 Å². The third kappa shape index (κ3) is 3.96. The van der Waals surface area contributed by atoms with Crippen LogP contribution >= 0.6 is 0 Å². The van der Waals surface area contributed by atoms with Crippen molar-refractivity contribution in [2.24, 2.45) is 0 Å². The normalized spacial score (nSPS) is 11.9. The summed E-state index contributed by atoms with van der Waals surface area (Å²) in [5.41, 5.74) is 3.36. The quantitative estimate of drug-likeness (QED) is 0.334. The van der Waals surface area contributed by atoms with Crippen LogP contribution in [0.3, 0.4) is 0 Å². The van der Waals surface area contributed by atoms with Crippen LogP contribution in [0.2, 0.25) is 0 Å². The number of hydrogen-bond acceptors (Lipinski definition) is 3. The van der Waals surface area contributed by atoms with Gasteiger partial charge in [-0.05, 0) is 23.8 Å². The topological polar surface area (TPSA) is 59.3 Å². The second kappa shape index (κ2) is 9.30. The largest absolute Gasteiger partial charge is 0.388 e. The van der Waals surface area contributed by atoms with Gasteiger partial charge >= 0.3 is 0 Å². The van der Waals surface area contributed by atoms with Crippen LogP contribution in [-0.4, -0.2) is 21.4 Å². The van der Waals surface area contributed by atoms with Crippen LogP contribution in [0.1, 0.15) is 43.6 Å². The first-order valence-electron chi connectivity index (χ1n) is 11.2. The van der Waals surface area contributed by atoms with Crippen molar-refractivity contribution >= 4 is 22.6 Å². The van der Waals surface area contributed by atoms with Crippen LogP contribution in [0.4, 0.5) is 0 Å². The van der Waals surface area contributed by atoms with Crippen molar-refractivity contribution in [1.29, 1.82) is 0 Å². The Hall–Kier alpha value is -4.28. The molecule has 34 heavy (non-hydrogen) atoms. The molecule has 0 saturated heterocycles. The molecule has 166 valence electrons. The number of rotatable bonds is 6. The standard InChI is InChI=1S/C30H23NO3/c32-27(21-12-4-1-5-13-21)20-26-28(29(33)22-14-6-2-7-15-22)24-18-10-11-19-25(24)31(26)30(34)23-16-8-3-9-17-23/h1-19,27,32H,20H2. The Morgan fingerprint density at radius 2 is 1.21 bits per heavy atom. The molecule has 5 rings (SSSR count). The maximum absolute atomic E-state index is 13.8. The minimum atomic E-state index is -0.879. The average Bonchev–Trinajstić information content (AvgIpc) is 3.22. The summed E-state index contributed by atoms with van der Waals surface area (Å²) in [5, 5.41) is 11.8. The Bertz CT molecular complexity index is 1370. The van der Waals surface area contributed by atoms with Crippen LogP contribution in [0.5, 0.6) is 0 Å². The highest BCUT2D eigenvalue weighted by atomic mass is 16.3. The average molecular weight is 446 g/mol. The third-order valence-corrected chi connectivity index (χ3v) is 6.03. The minimum Gasteiger partial charge on any atom is -0.388 e. The summed E-state index contributed by atoms with van der Waals surface area (Å²) in [5.74, 6) is -0.411. The molecule has 0 aliphatic carbocycles. The Morgan fingerprint density at radius 3 is 1.85 bits per heavy atom. The predicted molar refractivity (Wildman–Crippen MR) is 133 cm³/mol. The molecule has 1 unspecified atom stereocenters. The molecule has 1 aromatic heterocycles. The SMILES string of the molecule is O=C(c1ccccc1)c1c(CC(O)c2ccccc2)n(C(=O)c2ccccc2)c2ccccc12. The van der Waals surface area contributed by atoms with Gasteiger partial charge in [-0.3, -0.25) is 14.2 Å². The molecule has 0 radical (unpaired) electrons. The highest BCUT2D eigenvalue weighted by Gasteiger charge is 2.28. The van der Waals surface area contributed by atoms with Crippen molar-refractivity contribution in [3.05, 3.63) is 143 Å². The zero-order valence-corrected chi connectivity index (χ0v) is 18.5. The van der Waals surface area contributed by atoms with Crippen molar-refractivity contribution in [2.75, 3.05) is 0 Å². The number of aromatic nitrogens is 1. The van der Waals surface area contributed by atoms with Gasteiger partial charge in [0, 0.05) is 28.6 Å². The number of carbonyl (C=O) groups is 2. The van der Waals surface area contributed by atoms with Crippen LogP contribution in [0.15, 0.2) is 115 Å². The molecule has 4 aromatic carbocycles. The summed E-state index contributed by atoms with van der Waals surface area (Å²) < 4.78 is 1.59. The van der Waals surface area contributed by atoms with Crippen molar-refractivity contribution < 1.29 is 14.7 Å². The maximum Gasteiger partial charge on any atom is 0.262 e. The van der Waals surface area contributed by atoms with Crippen LogP contribution in [-0.2, 0) is 6.42 Å². The number of nitrogens with zero attached hydrogens (tertiary/aromatic N) is 1. The maximum atomic E-state index is 13.8. The van der Waals surface area contributed by atoms with E-state index in [1.165, 1.54) is 0 Å². The third-order valence-electron chi connectivity index (χ3n) is 6.03. The number of hydrogen-bond donors (Lipinski definition) is 1. The van der Waals surface area contributed by atoms with Gasteiger partial charge in [-0.1, -0.05) is 97.1 Å². The van der Waals surface area contributed by atoms with Crippen molar-refractivity contribution in [1.82, 2.24) is 4.57 Å². The van der Waals surface area contributed by atoms with E-state index in [4.69, 9.17) is 0 Å². The molecule has 0 aliphatic heterocycles. The number of aliphatic hydroxyl groups is 1. The Kier molecular flexibility index (Phi) is 5.90. The number of aliphatic hydroxyl groups excluding tert-OH is 1. The van der Waals surface area contributed by atoms with Crippen molar-refractivity contribution in [3.8, 4) is 0 Å². The number of benzene rings is 4. The molecular weight excluding hydrogens is 422 g/mol. The molecule has 4 nitrogen and oxygen atoms in total. The number of carbonyl (C=O) groups excluding carboxylic acids is 2. The lowest BCUT2D eigenvalue weighted by Gasteiger charge is -2.15. The molecule has 0 saturated carbocycles.